The molecule has 1 N–H and O–H groups in total. The highest BCUT2D eigenvalue weighted by Gasteiger charge is 2.14. The summed E-state index contributed by atoms with van der Waals surface area (Å²) in [6, 6.07) is 4.34. The Morgan fingerprint density at radius 3 is 2.19 bits per heavy atom. The summed E-state index contributed by atoms with van der Waals surface area (Å²) in [5.41, 5.74) is 0.856. The molecular formula is C13H22N2O. The quantitative estimate of drug-likeness (QED) is 0.850. The van der Waals surface area contributed by atoms with Gasteiger partial charge in [-0.15, -0.1) is 0 Å². The summed E-state index contributed by atoms with van der Waals surface area (Å²) in [6.45, 7) is 8.34. The predicted molar refractivity (Wildman–Crippen MR) is 67.6 cm³/mol. The average Bonchev–Trinajstić information content (AvgIpc) is 2.27. The van der Waals surface area contributed by atoms with E-state index < -0.39 is 6.10 Å². The van der Waals surface area contributed by atoms with Crippen molar-refractivity contribution in [2.24, 2.45) is 5.92 Å². The summed E-state index contributed by atoms with van der Waals surface area (Å²) in [6.07, 6.45) is 1.29. The van der Waals surface area contributed by atoms with E-state index in [4.69, 9.17) is 0 Å². The van der Waals surface area contributed by atoms with E-state index in [1.54, 1.807) is 13.1 Å². The lowest BCUT2D eigenvalue weighted by Crippen LogP contribution is -2.33. The molecule has 3 heteroatoms. The van der Waals surface area contributed by atoms with Crippen LogP contribution < -0.4 is 4.90 Å². The molecule has 1 aromatic rings. The Bertz CT molecular complexity index is 319. The van der Waals surface area contributed by atoms with Crippen LogP contribution >= 0.6 is 0 Å². The van der Waals surface area contributed by atoms with E-state index in [1.807, 2.05) is 12.1 Å². The maximum atomic E-state index is 9.40. The molecule has 0 fully saturated rings. The molecule has 0 saturated carbocycles. The Morgan fingerprint density at radius 2 is 1.81 bits per heavy atom. The van der Waals surface area contributed by atoms with Crippen LogP contribution in [0, 0.1) is 5.92 Å². The molecule has 0 saturated heterocycles. The van der Waals surface area contributed by atoms with Gasteiger partial charge >= 0.3 is 0 Å². The molecular weight excluding hydrogens is 200 g/mol. The van der Waals surface area contributed by atoms with E-state index in [9.17, 15) is 5.11 Å². The van der Waals surface area contributed by atoms with Crippen LogP contribution in [0.4, 0.5) is 5.82 Å². The molecule has 0 aliphatic heterocycles. The summed E-state index contributed by atoms with van der Waals surface area (Å²) in [5.74, 6) is 1.54. The molecule has 2 unspecified atom stereocenters. The van der Waals surface area contributed by atoms with Crippen molar-refractivity contribution in [3.05, 3.63) is 23.9 Å². The Morgan fingerprint density at radius 1 is 1.19 bits per heavy atom. The van der Waals surface area contributed by atoms with Gasteiger partial charge in [-0.05, 0) is 31.4 Å². The number of hydrogen-bond donors (Lipinski definition) is 1. The van der Waals surface area contributed by atoms with E-state index in [1.165, 1.54) is 0 Å². The Balaban J connectivity index is 2.81. The molecule has 3 nitrogen and oxygen atoms in total. The van der Waals surface area contributed by atoms with E-state index in [-0.39, 0.29) is 0 Å². The highest BCUT2D eigenvalue weighted by Crippen LogP contribution is 2.18. The highest BCUT2D eigenvalue weighted by molar-refractivity contribution is 5.39. The van der Waals surface area contributed by atoms with Crippen LogP contribution in [0.1, 0.15) is 39.4 Å². The summed E-state index contributed by atoms with van der Waals surface area (Å²) >= 11 is 0. The molecule has 0 aromatic carbocycles. The number of pyridine rings is 1. The molecule has 1 aromatic heterocycles. The van der Waals surface area contributed by atoms with Gasteiger partial charge in [-0.2, -0.15) is 0 Å². The fraction of sp³-hybridized carbons (Fsp3) is 0.615. The number of nitrogens with zero attached hydrogens (tertiary/aromatic N) is 2. The fourth-order valence-electron chi connectivity index (χ4n) is 1.51. The van der Waals surface area contributed by atoms with Crippen molar-refractivity contribution in [2.75, 3.05) is 11.9 Å². The lowest BCUT2D eigenvalue weighted by atomic mass is 10.1. The van der Waals surface area contributed by atoms with Crippen LogP contribution in [0.2, 0.25) is 0 Å². The van der Waals surface area contributed by atoms with Crippen molar-refractivity contribution in [1.82, 2.24) is 4.98 Å². The first-order valence-corrected chi connectivity index (χ1v) is 5.80. The van der Waals surface area contributed by atoms with Crippen molar-refractivity contribution in [1.29, 1.82) is 0 Å². The second-order valence-corrected chi connectivity index (χ2v) is 4.72. The smallest absolute Gasteiger partial charge is 0.128 e. The van der Waals surface area contributed by atoms with Crippen molar-refractivity contribution >= 4 is 5.82 Å². The van der Waals surface area contributed by atoms with Gasteiger partial charge in [0, 0.05) is 19.3 Å². The topological polar surface area (TPSA) is 36.4 Å². The van der Waals surface area contributed by atoms with Crippen LogP contribution in [0.3, 0.4) is 0 Å². The Kier molecular flexibility index (Phi) is 4.30. The lowest BCUT2D eigenvalue weighted by Gasteiger charge is -2.29. The standard InChI is InChI=1S/C13H22N2O/c1-9(2)10(3)15(5)13-7-6-12(8-14-13)11(4)16/h6-11,16H,1-5H3. The monoisotopic (exact) mass is 222 g/mol. The molecule has 16 heavy (non-hydrogen) atoms. The number of aromatic nitrogens is 1. The zero-order chi connectivity index (χ0) is 12.3. The number of aliphatic hydroxyl groups excluding tert-OH is 1. The van der Waals surface area contributed by atoms with E-state index in [0.29, 0.717) is 12.0 Å². The summed E-state index contributed by atoms with van der Waals surface area (Å²) in [5, 5.41) is 9.40. The van der Waals surface area contributed by atoms with E-state index >= 15 is 0 Å². The van der Waals surface area contributed by atoms with Crippen LogP contribution in [0.15, 0.2) is 18.3 Å². The maximum absolute atomic E-state index is 9.40. The SMILES string of the molecule is CC(O)c1ccc(N(C)C(C)C(C)C)nc1. The minimum atomic E-state index is -0.450. The minimum Gasteiger partial charge on any atom is -0.389 e. The first-order chi connectivity index (χ1) is 7.43. The first-order valence-electron chi connectivity index (χ1n) is 5.80. The van der Waals surface area contributed by atoms with Gasteiger partial charge in [-0.25, -0.2) is 4.98 Å². The van der Waals surface area contributed by atoms with Crippen molar-refractivity contribution < 1.29 is 5.11 Å². The zero-order valence-corrected chi connectivity index (χ0v) is 10.8. The van der Waals surface area contributed by atoms with Crippen LogP contribution in [-0.4, -0.2) is 23.2 Å². The van der Waals surface area contributed by atoms with Gasteiger partial charge < -0.3 is 10.0 Å². The molecule has 2 atom stereocenters. The lowest BCUT2D eigenvalue weighted by molar-refractivity contribution is 0.199. The van der Waals surface area contributed by atoms with Gasteiger partial charge in [0.05, 0.1) is 6.10 Å². The normalized spacial score (nSPS) is 14.9. The molecule has 0 bridgehead atoms. The van der Waals surface area contributed by atoms with Crippen LogP contribution in [0.5, 0.6) is 0 Å². The maximum Gasteiger partial charge on any atom is 0.128 e. The fourth-order valence-corrected chi connectivity index (χ4v) is 1.51. The van der Waals surface area contributed by atoms with Crippen molar-refractivity contribution in [3.63, 3.8) is 0 Å². The molecule has 0 aliphatic rings. The van der Waals surface area contributed by atoms with Crippen LogP contribution in [0.25, 0.3) is 0 Å². The number of rotatable bonds is 4. The Labute approximate surface area is 98.1 Å². The summed E-state index contributed by atoms with van der Waals surface area (Å²) in [4.78, 5) is 6.53. The van der Waals surface area contributed by atoms with E-state index in [0.717, 1.165) is 11.4 Å². The number of hydrogen-bond acceptors (Lipinski definition) is 3. The summed E-state index contributed by atoms with van der Waals surface area (Å²) < 4.78 is 0. The third-order valence-corrected chi connectivity index (χ3v) is 3.19. The van der Waals surface area contributed by atoms with Gasteiger partial charge in [-0.3, -0.25) is 0 Å². The van der Waals surface area contributed by atoms with Gasteiger partial charge in [-0.1, -0.05) is 19.9 Å². The van der Waals surface area contributed by atoms with Crippen LogP contribution in [-0.2, 0) is 0 Å². The zero-order valence-electron chi connectivity index (χ0n) is 10.8. The second kappa shape index (κ2) is 5.30. The molecule has 0 spiro atoms. The van der Waals surface area contributed by atoms with Gasteiger partial charge in [0.1, 0.15) is 5.82 Å². The molecule has 1 heterocycles. The predicted octanol–water partition coefficient (Wildman–Crippen LogP) is 2.62. The van der Waals surface area contributed by atoms with Gasteiger partial charge in [0.25, 0.3) is 0 Å². The average molecular weight is 222 g/mol. The first kappa shape index (κ1) is 13.0. The number of aliphatic hydroxyl groups is 1. The number of anilines is 1. The molecule has 90 valence electrons. The van der Waals surface area contributed by atoms with Gasteiger partial charge in [0.15, 0.2) is 0 Å². The molecule has 0 aliphatic carbocycles. The highest BCUT2D eigenvalue weighted by atomic mass is 16.3. The molecule has 1 rings (SSSR count). The summed E-state index contributed by atoms with van der Waals surface area (Å²) in [7, 11) is 2.05. The van der Waals surface area contributed by atoms with Crippen molar-refractivity contribution in [3.8, 4) is 0 Å². The second-order valence-electron chi connectivity index (χ2n) is 4.72. The largest absolute Gasteiger partial charge is 0.389 e. The Hall–Kier alpha value is -1.09. The third-order valence-electron chi connectivity index (χ3n) is 3.19. The van der Waals surface area contributed by atoms with E-state index in [2.05, 4.69) is 37.7 Å². The van der Waals surface area contributed by atoms with Gasteiger partial charge in [0.2, 0.25) is 0 Å². The molecule has 0 radical (unpaired) electrons. The third kappa shape index (κ3) is 2.95. The van der Waals surface area contributed by atoms with Crippen molar-refractivity contribution in [2.45, 2.75) is 39.8 Å². The minimum absolute atomic E-state index is 0.449. The molecule has 0 amide bonds.